The highest BCUT2D eigenvalue weighted by atomic mass is 127. The van der Waals surface area contributed by atoms with E-state index in [4.69, 9.17) is 9.47 Å². The highest BCUT2D eigenvalue weighted by Gasteiger charge is 2.13. The molecule has 2 aromatic carbocycles. The first-order valence-electron chi connectivity index (χ1n) is 9.21. The molecule has 7 heteroatoms. The highest BCUT2D eigenvalue weighted by molar-refractivity contribution is 14.0. The molecule has 0 atom stereocenters. The van der Waals surface area contributed by atoms with E-state index in [1.807, 2.05) is 18.2 Å². The van der Waals surface area contributed by atoms with Gasteiger partial charge < -0.3 is 25.1 Å². The maximum atomic E-state index is 5.42. The predicted molar refractivity (Wildman–Crippen MR) is 123 cm³/mol. The molecule has 28 heavy (non-hydrogen) atoms. The van der Waals surface area contributed by atoms with Crippen molar-refractivity contribution in [2.45, 2.75) is 19.4 Å². The zero-order valence-corrected chi connectivity index (χ0v) is 18.2. The molecule has 0 fully saturated rings. The van der Waals surface area contributed by atoms with Crippen molar-refractivity contribution in [3.8, 4) is 11.5 Å². The summed E-state index contributed by atoms with van der Waals surface area (Å²) in [5.41, 5.74) is 3.68. The van der Waals surface area contributed by atoms with Crippen LogP contribution in [0.5, 0.6) is 11.5 Å². The van der Waals surface area contributed by atoms with Crippen LogP contribution in [0.25, 0.3) is 10.9 Å². The Balaban J connectivity index is 0.00000225. The fourth-order valence-corrected chi connectivity index (χ4v) is 3.28. The summed E-state index contributed by atoms with van der Waals surface area (Å²) >= 11 is 0. The van der Waals surface area contributed by atoms with Crippen molar-refractivity contribution in [3.63, 3.8) is 0 Å². The second-order valence-electron chi connectivity index (χ2n) is 6.50. The molecule has 0 amide bonds. The normalized spacial score (nSPS) is 12.7. The van der Waals surface area contributed by atoms with Crippen molar-refractivity contribution in [1.82, 2.24) is 15.6 Å². The van der Waals surface area contributed by atoms with Crippen molar-refractivity contribution in [3.05, 3.63) is 59.8 Å². The molecule has 0 saturated heterocycles. The van der Waals surface area contributed by atoms with Crippen molar-refractivity contribution in [2.75, 3.05) is 20.4 Å². The molecule has 0 saturated carbocycles. The fraction of sp³-hybridized carbons (Fsp3) is 0.286. The lowest BCUT2D eigenvalue weighted by Gasteiger charge is -2.12. The number of ether oxygens (including phenoxy) is 2. The summed E-state index contributed by atoms with van der Waals surface area (Å²) in [4.78, 5) is 7.62. The molecule has 3 N–H and O–H groups in total. The molecule has 3 aromatic rings. The molecule has 4 rings (SSSR count). The number of para-hydroxylation sites is 1. The molecule has 0 radical (unpaired) electrons. The number of aromatic nitrogens is 1. The van der Waals surface area contributed by atoms with Crippen LogP contribution in [0.4, 0.5) is 0 Å². The van der Waals surface area contributed by atoms with Gasteiger partial charge in [0.1, 0.15) is 0 Å². The fourth-order valence-electron chi connectivity index (χ4n) is 3.28. The van der Waals surface area contributed by atoms with Gasteiger partial charge in [-0.2, -0.15) is 0 Å². The first kappa shape index (κ1) is 20.3. The summed E-state index contributed by atoms with van der Waals surface area (Å²) in [6.07, 6.45) is 4.17. The summed E-state index contributed by atoms with van der Waals surface area (Å²) in [5.74, 6) is 2.40. The Morgan fingerprint density at radius 3 is 2.86 bits per heavy atom. The smallest absolute Gasteiger partial charge is 0.231 e. The summed E-state index contributed by atoms with van der Waals surface area (Å²) in [6.45, 7) is 1.84. The molecule has 1 aromatic heterocycles. The van der Waals surface area contributed by atoms with Crippen LogP contribution < -0.4 is 20.1 Å². The number of nitrogens with zero attached hydrogens (tertiary/aromatic N) is 1. The molecule has 2 heterocycles. The molecule has 0 bridgehead atoms. The first-order chi connectivity index (χ1) is 13.3. The van der Waals surface area contributed by atoms with Crippen LogP contribution in [0.3, 0.4) is 0 Å². The maximum Gasteiger partial charge on any atom is 0.231 e. The molecule has 0 spiro atoms. The number of rotatable bonds is 6. The summed E-state index contributed by atoms with van der Waals surface area (Å²) < 4.78 is 10.8. The van der Waals surface area contributed by atoms with Gasteiger partial charge in [-0.15, -0.1) is 24.0 Å². The Labute approximate surface area is 181 Å². The summed E-state index contributed by atoms with van der Waals surface area (Å²) in [5, 5.41) is 8.02. The quantitative estimate of drug-likeness (QED) is 0.212. The van der Waals surface area contributed by atoms with Crippen LogP contribution >= 0.6 is 24.0 Å². The minimum atomic E-state index is 0. The Bertz CT molecular complexity index is 954. The van der Waals surface area contributed by atoms with Gasteiger partial charge in [-0.25, -0.2) is 0 Å². The van der Waals surface area contributed by atoms with Crippen LogP contribution in [0.1, 0.15) is 17.5 Å². The standard InChI is InChI=1S/C21H24N4O2.HI/c1-22-21(25-12-15-8-9-19-20(11-15)27-14-26-19)23-10-4-5-16-13-24-18-7-3-2-6-17(16)18;/h2-3,6-9,11,13,24H,4-5,10,12,14H2,1H3,(H2,22,23,25);1H. The molecular formula is C21H25IN4O2. The number of benzene rings is 2. The Morgan fingerprint density at radius 2 is 1.96 bits per heavy atom. The third kappa shape index (κ3) is 4.70. The monoisotopic (exact) mass is 492 g/mol. The number of hydrogen-bond donors (Lipinski definition) is 3. The Hall–Kier alpha value is -2.42. The summed E-state index contributed by atoms with van der Waals surface area (Å²) in [6, 6.07) is 14.4. The van der Waals surface area contributed by atoms with Crippen LogP contribution in [0, 0.1) is 0 Å². The van der Waals surface area contributed by atoms with E-state index in [0.29, 0.717) is 13.3 Å². The minimum absolute atomic E-state index is 0. The second kappa shape index (κ2) is 9.68. The average Bonchev–Trinajstić information content (AvgIpc) is 3.34. The number of nitrogens with one attached hydrogen (secondary N) is 3. The molecule has 1 aliphatic heterocycles. The number of aryl methyl sites for hydroxylation is 1. The van der Waals surface area contributed by atoms with Gasteiger partial charge in [0.15, 0.2) is 17.5 Å². The lowest BCUT2D eigenvalue weighted by atomic mass is 10.1. The van der Waals surface area contributed by atoms with Crippen molar-refractivity contribution in [2.24, 2.45) is 4.99 Å². The largest absolute Gasteiger partial charge is 0.454 e. The van der Waals surface area contributed by atoms with Crippen molar-refractivity contribution >= 4 is 40.8 Å². The number of fused-ring (bicyclic) bond motifs is 2. The van der Waals surface area contributed by atoms with Gasteiger partial charge in [0.25, 0.3) is 0 Å². The van der Waals surface area contributed by atoms with Gasteiger partial charge in [-0.1, -0.05) is 24.3 Å². The SMILES string of the molecule is CN=C(NCCCc1c[nH]c2ccccc12)NCc1ccc2c(c1)OCO2.I. The van der Waals surface area contributed by atoms with E-state index in [1.165, 1.54) is 16.5 Å². The third-order valence-electron chi connectivity index (χ3n) is 4.71. The number of H-pyrrole nitrogens is 1. The molecular weight excluding hydrogens is 467 g/mol. The van der Waals surface area contributed by atoms with E-state index in [9.17, 15) is 0 Å². The average molecular weight is 492 g/mol. The number of aliphatic imine (C=N–C) groups is 1. The predicted octanol–water partition coefficient (Wildman–Crippen LogP) is 3.81. The number of hydrogen-bond acceptors (Lipinski definition) is 3. The molecule has 0 aliphatic carbocycles. The van der Waals surface area contributed by atoms with E-state index in [-0.39, 0.29) is 24.0 Å². The molecule has 0 unspecified atom stereocenters. The second-order valence-corrected chi connectivity index (χ2v) is 6.50. The molecule has 6 nitrogen and oxygen atoms in total. The number of guanidine groups is 1. The van der Waals surface area contributed by atoms with E-state index in [1.54, 1.807) is 7.05 Å². The van der Waals surface area contributed by atoms with E-state index in [2.05, 4.69) is 51.1 Å². The van der Waals surface area contributed by atoms with Gasteiger partial charge in [-0.05, 0) is 42.2 Å². The van der Waals surface area contributed by atoms with Gasteiger partial charge >= 0.3 is 0 Å². The van der Waals surface area contributed by atoms with Gasteiger partial charge in [-0.3, -0.25) is 4.99 Å². The third-order valence-corrected chi connectivity index (χ3v) is 4.71. The van der Waals surface area contributed by atoms with Crippen LogP contribution in [0.2, 0.25) is 0 Å². The Kier molecular flexibility index (Phi) is 7.02. The van der Waals surface area contributed by atoms with Crippen LogP contribution in [-0.2, 0) is 13.0 Å². The zero-order chi connectivity index (χ0) is 18.5. The zero-order valence-electron chi connectivity index (χ0n) is 15.8. The number of halogens is 1. The van der Waals surface area contributed by atoms with Gasteiger partial charge in [0, 0.05) is 37.2 Å². The first-order valence-corrected chi connectivity index (χ1v) is 9.21. The van der Waals surface area contributed by atoms with E-state index < -0.39 is 0 Å². The van der Waals surface area contributed by atoms with Gasteiger partial charge in [0.05, 0.1) is 0 Å². The van der Waals surface area contributed by atoms with E-state index >= 15 is 0 Å². The van der Waals surface area contributed by atoms with Crippen molar-refractivity contribution in [1.29, 1.82) is 0 Å². The molecule has 148 valence electrons. The topological polar surface area (TPSA) is 70.7 Å². The van der Waals surface area contributed by atoms with Crippen LogP contribution in [0.15, 0.2) is 53.7 Å². The minimum Gasteiger partial charge on any atom is -0.454 e. The van der Waals surface area contributed by atoms with Crippen LogP contribution in [-0.4, -0.2) is 31.3 Å². The van der Waals surface area contributed by atoms with Gasteiger partial charge in [0.2, 0.25) is 6.79 Å². The lowest BCUT2D eigenvalue weighted by molar-refractivity contribution is 0.174. The Morgan fingerprint density at radius 1 is 1.11 bits per heavy atom. The number of aromatic amines is 1. The molecule has 1 aliphatic rings. The van der Waals surface area contributed by atoms with Crippen molar-refractivity contribution < 1.29 is 9.47 Å². The highest BCUT2D eigenvalue weighted by Crippen LogP contribution is 2.32. The van der Waals surface area contributed by atoms with E-state index in [0.717, 1.165) is 42.4 Å². The maximum absolute atomic E-state index is 5.42. The lowest BCUT2D eigenvalue weighted by Crippen LogP contribution is -2.37. The summed E-state index contributed by atoms with van der Waals surface area (Å²) in [7, 11) is 1.79.